The number of hydrogen-bond donors (Lipinski definition) is 1. The highest BCUT2D eigenvalue weighted by Gasteiger charge is 2.36. The van der Waals surface area contributed by atoms with Crippen LogP contribution in [-0.2, 0) is 9.59 Å². The van der Waals surface area contributed by atoms with Crippen LogP contribution in [0.2, 0.25) is 0 Å². The van der Waals surface area contributed by atoms with Crippen LogP contribution in [0.4, 0.5) is 10.5 Å². The van der Waals surface area contributed by atoms with Crippen LogP contribution in [0.15, 0.2) is 59.2 Å². The van der Waals surface area contributed by atoms with Gasteiger partial charge >= 0.3 is 6.03 Å². The summed E-state index contributed by atoms with van der Waals surface area (Å²) in [6.45, 7) is 2.43. The molecule has 2 aliphatic rings. The number of carbonyl (C=O) groups excluding carboxylic acids is 3. The smallest absolute Gasteiger partial charge is 0.324 e. The Bertz CT molecular complexity index is 1180. The zero-order chi connectivity index (χ0) is 24.2. The van der Waals surface area contributed by atoms with E-state index >= 15 is 0 Å². The van der Waals surface area contributed by atoms with Gasteiger partial charge in [-0.2, -0.15) is 0 Å². The van der Waals surface area contributed by atoms with Crippen LogP contribution in [-0.4, -0.2) is 60.5 Å². The molecule has 1 fully saturated rings. The Morgan fingerprint density at radius 3 is 2.50 bits per heavy atom. The van der Waals surface area contributed by atoms with Crippen LogP contribution in [0.5, 0.6) is 11.5 Å². The number of amidine groups is 1. The number of thioether (sulfide) groups is 1. The van der Waals surface area contributed by atoms with Gasteiger partial charge in [-0.15, -0.1) is 0 Å². The van der Waals surface area contributed by atoms with Crippen molar-refractivity contribution in [3.05, 3.63) is 59.8 Å². The lowest BCUT2D eigenvalue weighted by molar-refractivity contribution is -0.126. The topological polar surface area (TPSA) is 101 Å². The molecule has 1 atom stereocenters. The van der Waals surface area contributed by atoms with Gasteiger partial charge < -0.3 is 14.8 Å². The highest BCUT2D eigenvalue weighted by Crippen LogP contribution is 2.33. The first kappa shape index (κ1) is 23.4. The standard InChI is InChI=1S/C24H24N4O5S/c1-15(21(29)27-12-11-25-23(27)31)34-24-26-20(13-16-7-9-18(32-2)10-8-16)22(30)28(24)17-5-4-6-19(14-17)33-3/h4-10,13-15H,11-12H2,1-3H3,(H,25,31)/b20-13-. The maximum atomic E-state index is 13.4. The minimum atomic E-state index is -0.635. The van der Waals surface area contributed by atoms with Crippen molar-refractivity contribution in [1.29, 1.82) is 0 Å². The number of ether oxygens (including phenoxy) is 2. The van der Waals surface area contributed by atoms with Crippen molar-refractivity contribution in [2.75, 3.05) is 32.2 Å². The third kappa shape index (κ3) is 4.76. The highest BCUT2D eigenvalue weighted by molar-refractivity contribution is 8.15. The van der Waals surface area contributed by atoms with E-state index in [9.17, 15) is 14.4 Å². The van der Waals surface area contributed by atoms with Crippen LogP contribution < -0.4 is 19.7 Å². The van der Waals surface area contributed by atoms with Gasteiger partial charge in [-0.05, 0) is 42.8 Å². The van der Waals surface area contributed by atoms with Crippen LogP contribution in [0, 0.1) is 0 Å². The van der Waals surface area contributed by atoms with Gasteiger partial charge in [0.15, 0.2) is 5.17 Å². The van der Waals surface area contributed by atoms with E-state index in [1.165, 1.54) is 9.80 Å². The number of benzene rings is 2. The molecule has 2 heterocycles. The minimum absolute atomic E-state index is 0.231. The van der Waals surface area contributed by atoms with Crippen LogP contribution >= 0.6 is 11.8 Å². The number of anilines is 1. The Morgan fingerprint density at radius 1 is 1.12 bits per heavy atom. The predicted octanol–water partition coefficient (Wildman–Crippen LogP) is 3.12. The number of hydrogen-bond acceptors (Lipinski definition) is 7. The molecule has 0 bridgehead atoms. The normalized spacial score (nSPS) is 17.6. The first-order valence-electron chi connectivity index (χ1n) is 10.6. The van der Waals surface area contributed by atoms with E-state index in [4.69, 9.17) is 9.47 Å². The Hall–Kier alpha value is -3.79. The van der Waals surface area contributed by atoms with Crippen molar-refractivity contribution in [3.63, 3.8) is 0 Å². The summed E-state index contributed by atoms with van der Waals surface area (Å²) < 4.78 is 10.5. The second-order valence-electron chi connectivity index (χ2n) is 7.52. The van der Waals surface area contributed by atoms with E-state index in [0.717, 1.165) is 17.3 Å². The van der Waals surface area contributed by atoms with Crippen LogP contribution in [0.1, 0.15) is 12.5 Å². The Balaban J connectivity index is 1.66. The Kier molecular flexibility index (Phi) is 6.87. The van der Waals surface area contributed by atoms with Gasteiger partial charge in [0.2, 0.25) is 5.91 Å². The minimum Gasteiger partial charge on any atom is -0.497 e. The van der Waals surface area contributed by atoms with Gasteiger partial charge in [0.05, 0.1) is 25.2 Å². The van der Waals surface area contributed by atoms with Gasteiger partial charge in [0, 0.05) is 19.2 Å². The maximum Gasteiger partial charge on any atom is 0.324 e. The molecule has 4 amide bonds. The SMILES string of the molecule is COc1ccc(/C=C2\N=C(SC(C)C(=O)N3CCNC3=O)N(c3cccc(OC)c3)C2=O)cc1. The van der Waals surface area contributed by atoms with Crippen molar-refractivity contribution < 1.29 is 23.9 Å². The number of carbonyl (C=O) groups is 3. The maximum absolute atomic E-state index is 13.4. The molecule has 176 valence electrons. The third-order valence-corrected chi connectivity index (χ3v) is 6.35. The first-order valence-corrected chi connectivity index (χ1v) is 11.5. The fourth-order valence-electron chi connectivity index (χ4n) is 3.52. The van der Waals surface area contributed by atoms with E-state index in [1.54, 1.807) is 63.6 Å². The molecule has 0 saturated carbocycles. The third-order valence-electron chi connectivity index (χ3n) is 5.31. The highest BCUT2D eigenvalue weighted by atomic mass is 32.2. The van der Waals surface area contributed by atoms with Crippen LogP contribution in [0.3, 0.4) is 0 Å². The molecular formula is C24H24N4O5S. The van der Waals surface area contributed by atoms with Gasteiger partial charge in [-0.1, -0.05) is 30.0 Å². The number of methoxy groups -OCH3 is 2. The molecule has 2 aliphatic heterocycles. The summed E-state index contributed by atoms with van der Waals surface area (Å²) in [6.07, 6.45) is 1.68. The van der Waals surface area contributed by atoms with Crippen molar-refractivity contribution in [2.45, 2.75) is 12.2 Å². The monoisotopic (exact) mass is 480 g/mol. The molecule has 0 aliphatic carbocycles. The molecule has 4 rings (SSSR count). The van der Waals surface area contributed by atoms with Gasteiger partial charge in [0.25, 0.3) is 5.91 Å². The van der Waals surface area contributed by atoms with E-state index in [2.05, 4.69) is 10.3 Å². The van der Waals surface area contributed by atoms with Crippen LogP contribution in [0.25, 0.3) is 6.08 Å². The second-order valence-corrected chi connectivity index (χ2v) is 8.83. The van der Waals surface area contributed by atoms with E-state index < -0.39 is 11.3 Å². The number of amides is 4. The number of aliphatic imine (C=N–C) groups is 1. The quantitative estimate of drug-likeness (QED) is 0.638. The Labute approximate surface area is 201 Å². The lowest BCUT2D eigenvalue weighted by atomic mass is 10.2. The predicted molar refractivity (Wildman–Crippen MR) is 131 cm³/mol. The molecule has 9 nitrogen and oxygen atoms in total. The fourth-order valence-corrected chi connectivity index (χ4v) is 4.51. The Morgan fingerprint density at radius 2 is 1.85 bits per heavy atom. The average Bonchev–Trinajstić information content (AvgIpc) is 3.41. The van der Waals surface area contributed by atoms with Gasteiger partial charge in [-0.3, -0.25) is 19.4 Å². The van der Waals surface area contributed by atoms with Gasteiger partial charge in [-0.25, -0.2) is 9.79 Å². The lowest BCUT2D eigenvalue weighted by Crippen LogP contribution is -2.40. The summed E-state index contributed by atoms with van der Waals surface area (Å²) in [5.41, 5.74) is 1.57. The summed E-state index contributed by atoms with van der Waals surface area (Å²) in [6, 6.07) is 13.9. The second kappa shape index (κ2) is 10.0. The van der Waals surface area contributed by atoms with E-state index in [1.807, 2.05) is 12.1 Å². The molecule has 1 unspecified atom stereocenters. The van der Waals surface area contributed by atoms with E-state index in [0.29, 0.717) is 35.4 Å². The van der Waals surface area contributed by atoms with Crippen molar-refractivity contribution in [3.8, 4) is 11.5 Å². The molecule has 0 spiro atoms. The zero-order valence-corrected chi connectivity index (χ0v) is 19.8. The number of rotatable bonds is 6. The molecule has 0 aromatic heterocycles. The molecule has 34 heavy (non-hydrogen) atoms. The molecule has 0 radical (unpaired) electrons. The zero-order valence-electron chi connectivity index (χ0n) is 19.0. The number of urea groups is 1. The molecule has 2 aromatic carbocycles. The summed E-state index contributed by atoms with van der Waals surface area (Å²) in [5.74, 6) is 0.620. The molecule has 10 heteroatoms. The van der Waals surface area contributed by atoms with Crippen molar-refractivity contribution >= 4 is 46.5 Å². The number of imide groups is 1. The molecule has 1 N–H and O–H groups in total. The summed E-state index contributed by atoms with van der Waals surface area (Å²) >= 11 is 1.13. The number of nitrogens with zero attached hydrogens (tertiary/aromatic N) is 3. The summed E-state index contributed by atoms with van der Waals surface area (Å²) in [4.78, 5) is 45.4. The molecular weight excluding hydrogens is 456 g/mol. The molecule has 2 aromatic rings. The molecule has 1 saturated heterocycles. The lowest BCUT2D eigenvalue weighted by Gasteiger charge is -2.22. The summed E-state index contributed by atoms with van der Waals surface area (Å²) in [5, 5.41) is 2.34. The first-order chi connectivity index (χ1) is 16.4. The van der Waals surface area contributed by atoms with Crippen molar-refractivity contribution in [2.24, 2.45) is 4.99 Å². The van der Waals surface area contributed by atoms with Gasteiger partial charge in [0.1, 0.15) is 17.2 Å². The van der Waals surface area contributed by atoms with E-state index in [-0.39, 0.29) is 17.5 Å². The average molecular weight is 481 g/mol. The summed E-state index contributed by atoms with van der Waals surface area (Å²) in [7, 11) is 3.13. The largest absolute Gasteiger partial charge is 0.497 e. The van der Waals surface area contributed by atoms with Crippen molar-refractivity contribution in [1.82, 2.24) is 10.2 Å². The fraction of sp³-hybridized carbons (Fsp3) is 0.250. The number of nitrogens with one attached hydrogen (secondary N) is 1.